The lowest BCUT2D eigenvalue weighted by molar-refractivity contribution is -0.134. The second kappa shape index (κ2) is 7.03. The average Bonchev–Trinajstić information content (AvgIpc) is 3.39. The van der Waals surface area contributed by atoms with E-state index in [4.69, 9.17) is 0 Å². The molecule has 2 aromatic rings. The minimum absolute atomic E-state index is 0.0578. The van der Waals surface area contributed by atoms with Crippen LogP contribution in [0.1, 0.15) is 62.9 Å². The van der Waals surface area contributed by atoms with E-state index in [1.54, 1.807) is 16.5 Å². The average molecular weight is 386 g/mol. The first-order valence-electron chi connectivity index (χ1n) is 9.87. The Kier molecular flexibility index (Phi) is 4.68. The lowest BCUT2D eigenvalue weighted by Crippen LogP contribution is -2.49. The number of likely N-dealkylation sites (N-methyl/N-ethyl adjacent to an activating group) is 1. The van der Waals surface area contributed by atoms with Gasteiger partial charge < -0.3 is 10.2 Å². The fourth-order valence-corrected chi connectivity index (χ4v) is 3.66. The molecule has 9 heteroatoms. The molecule has 1 saturated carbocycles. The van der Waals surface area contributed by atoms with Crippen LogP contribution in [0.25, 0.3) is 5.52 Å². The van der Waals surface area contributed by atoms with Crippen molar-refractivity contribution < 1.29 is 9.59 Å². The van der Waals surface area contributed by atoms with Crippen molar-refractivity contribution >= 4 is 17.3 Å². The highest BCUT2D eigenvalue weighted by atomic mass is 16.2. The van der Waals surface area contributed by atoms with Crippen LogP contribution in [0.5, 0.6) is 0 Å². The highest BCUT2D eigenvalue weighted by Gasteiger charge is 2.28. The maximum Gasteiger partial charge on any atom is 0.293 e. The van der Waals surface area contributed by atoms with E-state index in [2.05, 4.69) is 15.5 Å². The first-order valence-corrected chi connectivity index (χ1v) is 9.87. The Morgan fingerprint density at radius 1 is 1.25 bits per heavy atom. The minimum atomic E-state index is -0.310. The predicted octanol–water partition coefficient (Wildman–Crippen LogP) is 0.629. The number of hydrogen-bond acceptors (Lipinski definition) is 5. The van der Waals surface area contributed by atoms with Crippen molar-refractivity contribution in [3.63, 3.8) is 0 Å². The molecule has 150 valence electrons. The van der Waals surface area contributed by atoms with Crippen LogP contribution in [0.15, 0.2) is 10.9 Å². The number of hydrogen-bond donors (Lipinski definition) is 1. The highest BCUT2D eigenvalue weighted by Crippen LogP contribution is 2.39. The number of aromatic nitrogens is 4. The Hall–Kier alpha value is -2.71. The van der Waals surface area contributed by atoms with Gasteiger partial charge in [0.15, 0.2) is 5.82 Å². The molecule has 2 aromatic heterocycles. The summed E-state index contributed by atoms with van der Waals surface area (Å²) < 4.78 is 2.87. The summed E-state index contributed by atoms with van der Waals surface area (Å²) in [5.41, 5.74) is 1.09. The van der Waals surface area contributed by atoms with Gasteiger partial charge in [0.25, 0.3) is 5.56 Å². The van der Waals surface area contributed by atoms with Gasteiger partial charge in [0.05, 0.1) is 5.69 Å². The van der Waals surface area contributed by atoms with Crippen molar-refractivity contribution in [3.05, 3.63) is 27.9 Å². The molecule has 2 amide bonds. The minimum Gasteiger partial charge on any atom is -0.350 e. The summed E-state index contributed by atoms with van der Waals surface area (Å²) in [6.45, 7) is 4.32. The van der Waals surface area contributed by atoms with Gasteiger partial charge in [-0.15, -0.1) is 0 Å². The van der Waals surface area contributed by atoms with Crippen LogP contribution in [0, 0.1) is 0 Å². The second-order valence-corrected chi connectivity index (χ2v) is 8.19. The molecule has 28 heavy (non-hydrogen) atoms. The first kappa shape index (κ1) is 18.6. The number of carbonyl (C=O) groups is 2. The van der Waals surface area contributed by atoms with Crippen LogP contribution in [0.4, 0.5) is 0 Å². The van der Waals surface area contributed by atoms with Gasteiger partial charge in [-0.05, 0) is 25.3 Å². The molecular formula is C19H26N6O3. The second-order valence-electron chi connectivity index (χ2n) is 8.19. The number of likely N-dealkylation sites (tertiary alicyclic amines) is 1. The standard InChI is InChI=1S/C19H26N6O3/c1-11(2)18-22-24(10-16(26)20-13-6-7-17(27)23(3)9-13)19(28)15-8-14(12-4-5-12)21-25(15)18/h8,11-13H,4-7,9-10H2,1-3H3,(H,20,26). The van der Waals surface area contributed by atoms with E-state index in [1.807, 2.05) is 19.9 Å². The van der Waals surface area contributed by atoms with E-state index < -0.39 is 0 Å². The SMILES string of the molecule is CC(C)c1nn(CC(=O)NC2CCC(=O)N(C)C2)c(=O)c2cc(C3CC3)nn12. The topological polar surface area (TPSA) is 102 Å². The summed E-state index contributed by atoms with van der Waals surface area (Å²) >= 11 is 0. The molecule has 1 N–H and O–H groups in total. The lowest BCUT2D eigenvalue weighted by atomic mass is 10.1. The van der Waals surface area contributed by atoms with E-state index in [-0.39, 0.29) is 35.9 Å². The van der Waals surface area contributed by atoms with E-state index in [9.17, 15) is 14.4 Å². The third kappa shape index (κ3) is 3.53. The smallest absolute Gasteiger partial charge is 0.293 e. The van der Waals surface area contributed by atoms with E-state index >= 15 is 0 Å². The maximum atomic E-state index is 12.9. The van der Waals surface area contributed by atoms with Crippen LogP contribution in [-0.4, -0.2) is 55.7 Å². The summed E-state index contributed by atoms with van der Waals surface area (Å²) in [4.78, 5) is 38.6. The quantitative estimate of drug-likeness (QED) is 0.812. The third-order valence-corrected chi connectivity index (χ3v) is 5.42. The normalized spacial score (nSPS) is 20.2. The zero-order chi connectivity index (χ0) is 20.0. The zero-order valence-corrected chi connectivity index (χ0v) is 16.5. The summed E-state index contributed by atoms with van der Waals surface area (Å²) in [6, 6.07) is 1.74. The van der Waals surface area contributed by atoms with Gasteiger partial charge >= 0.3 is 0 Å². The summed E-state index contributed by atoms with van der Waals surface area (Å²) in [7, 11) is 1.73. The molecule has 1 saturated heterocycles. The molecule has 0 aromatic carbocycles. The monoisotopic (exact) mass is 386 g/mol. The molecule has 1 atom stereocenters. The fraction of sp³-hybridized carbons (Fsp3) is 0.632. The van der Waals surface area contributed by atoms with Gasteiger partial charge in [-0.1, -0.05) is 13.8 Å². The Balaban J connectivity index is 1.57. The molecular weight excluding hydrogens is 360 g/mol. The molecule has 1 unspecified atom stereocenters. The molecule has 0 spiro atoms. The van der Waals surface area contributed by atoms with Gasteiger partial charge in [0.2, 0.25) is 11.8 Å². The van der Waals surface area contributed by atoms with Crippen molar-refractivity contribution in [2.75, 3.05) is 13.6 Å². The molecule has 0 bridgehead atoms. The molecule has 1 aliphatic heterocycles. The van der Waals surface area contributed by atoms with Crippen molar-refractivity contribution in [2.45, 2.75) is 64.0 Å². The van der Waals surface area contributed by atoms with Gasteiger partial charge in [-0.3, -0.25) is 14.4 Å². The van der Waals surface area contributed by atoms with Crippen LogP contribution < -0.4 is 10.9 Å². The summed E-state index contributed by atoms with van der Waals surface area (Å²) in [6.07, 6.45) is 3.23. The molecule has 2 aliphatic rings. The number of nitrogens with one attached hydrogen (secondary N) is 1. The van der Waals surface area contributed by atoms with E-state index in [0.717, 1.165) is 18.5 Å². The molecule has 1 aliphatic carbocycles. The molecule has 0 radical (unpaired) electrons. The van der Waals surface area contributed by atoms with E-state index in [0.29, 0.717) is 36.6 Å². The predicted molar refractivity (Wildman–Crippen MR) is 102 cm³/mol. The number of rotatable bonds is 5. The van der Waals surface area contributed by atoms with Crippen LogP contribution in [0.2, 0.25) is 0 Å². The highest BCUT2D eigenvalue weighted by molar-refractivity contribution is 5.78. The van der Waals surface area contributed by atoms with Crippen molar-refractivity contribution in [2.24, 2.45) is 0 Å². The van der Waals surface area contributed by atoms with Gasteiger partial charge in [0.1, 0.15) is 12.1 Å². The van der Waals surface area contributed by atoms with Gasteiger partial charge in [-0.25, -0.2) is 9.20 Å². The molecule has 9 nitrogen and oxygen atoms in total. The maximum absolute atomic E-state index is 12.9. The van der Waals surface area contributed by atoms with Crippen LogP contribution >= 0.6 is 0 Å². The number of fused-ring (bicyclic) bond motifs is 1. The molecule has 4 rings (SSSR count). The number of carbonyl (C=O) groups excluding carboxylic acids is 2. The van der Waals surface area contributed by atoms with Gasteiger partial charge in [-0.2, -0.15) is 10.2 Å². The van der Waals surface area contributed by atoms with Crippen molar-refractivity contribution in [1.29, 1.82) is 0 Å². The van der Waals surface area contributed by atoms with Crippen molar-refractivity contribution in [3.8, 4) is 0 Å². The van der Waals surface area contributed by atoms with E-state index in [1.165, 1.54) is 4.68 Å². The van der Waals surface area contributed by atoms with Gasteiger partial charge in [0, 0.05) is 37.9 Å². The summed E-state index contributed by atoms with van der Waals surface area (Å²) in [5, 5.41) is 11.9. The largest absolute Gasteiger partial charge is 0.350 e. The summed E-state index contributed by atoms with van der Waals surface area (Å²) in [5.74, 6) is 0.965. The lowest BCUT2D eigenvalue weighted by Gasteiger charge is -2.30. The fourth-order valence-electron chi connectivity index (χ4n) is 3.66. The van der Waals surface area contributed by atoms with Crippen molar-refractivity contribution in [1.82, 2.24) is 29.6 Å². The Labute approximate surface area is 162 Å². The molecule has 2 fully saturated rings. The number of amides is 2. The Morgan fingerprint density at radius 3 is 2.64 bits per heavy atom. The first-order chi connectivity index (χ1) is 13.3. The zero-order valence-electron chi connectivity index (χ0n) is 16.5. The molecule has 3 heterocycles. The van der Waals surface area contributed by atoms with Crippen LogP contribution in [0.3, 0.4) is 0 Å². The number of piperidine rings is 1. The van der Waals surface area contributed by atoms with Crippen LogP contribution in [-0.2, 0) is 16.1 Å². The number of nitrogens with zero attached hydrogens (tertiary/aromatic N) is 5. The Bertz CT molecular complexity index is 987. The Morgan fingerprint density at radius 2 is 2.00 bits per heavy atom. The third-order valence-electron chi connectivity index (χ3n) is 5.42.